The predicted octanol–water partition coefficient (Wildman–Crippen LogP) is 3.73. The van der Waals surface area contributed by atoms with Gasteiger partial charge in [-0.15, -0.1) is 0 Å². The van der Waals surface area contributed by atoms with Crippen LogP contribution < -0.4 is 15.4 Å². The van der Waals surface area contributed by atoms with E-state index in [0.29, 0.717) is 6.61 Å². The van der Waals surface area contributed by atoms with E-state index in [1.165, 1.54) is 5.56 Å². The van der Waals surface area contributed by atoms with Gasteiger partial charge in [-0.3, -0.25) is 4.99 Å². The van der Waals surface area contributed by atoms with Crippen molar-refractivity contribution < 1.29 is 4.74 Å². The van der Waals surface area contributed by atoms with Crippen molar-refractivity contribution in [2.45, 2.75) is 13.5 Å². The molecule has 138 valence electrons. The second kappa shape index (κ2) is 11.2. The first-order valence-electron chi connectivity index (χ1n) is 8.97. The first kappa shape index (κ1) is 19.9. The Morgan fingerprint density at radius 2 is 2.23 bits per heavy atom. The van der Waals surface area contributed by atoms with Crippen LogP contribution in [0.3, 0.4) is 0 Å². The van der Waals surface area contributed by atoms with Crippen molar-refractivity contribution in [2.75, 3.05) is 26.2 Å². The fraction of sp³-hybridized carbons (Fsp3) is 0.318. The normalized spacial score (nSPS) is 15.3. The molecule has 1 saturated heterocycles. The molecule has 2 N–H and O–H groups in total. The minimum Gasteiger partial charge on any atom is -0.490 e. The molecular formula is C22H29N3O. The van der Waals surface area contributed by atoms with Crippen LogP contribution in [0.5, 0.6) is 5.75 Å². The van der Waals surface area contributed by atoms with E-state index in [-0.39, 0.29) is 0 Å². The fourth-order valence-electron chi connectivity index (χ4n) is 2.58. The molecule has 4 heteroatoms. The molecule has 0 aromatic heterocycles. The topological polar surface area (TPSA) is 45.6 Å². The summed E-state index contributed by atoms with van der Waals surface area (Å²) in [5.41, 5.74) is 3.47. The van der Waals surface area contributed by atoms with Crippen LogP contribution in [-0.4, -0.2) is 33.0 Å². The zero-order valence-corrected chi connectivity index (χ0v) is 15.6. The van der Waals surface area contributed by atoms with Gasteiger partial charge >= 0.3 is 0 Å². The Bertz CT molecular complexity index is 685. The summed E-state index contributed by atoms with van der Waals surface area (Å²) in [4.78, 5) is 3.69. The number of benzene rings is 1. The third-order valence-corrected chi connectivity index (χ3v) is 4.07. The third-order valence-electron chi connectivity index (χ3n) is 4.07. The summed E-state index contributed by atoms with van der Waals surface area (Å²) in [7, 11) is 0. The van der Waals surface area contributed by atoms with Gasteiger partial charge in [0.25, 0.3) is 0 Å². The standard InChI is InChI=1S/C22H29N3O/c1-4-10-26-22-12-19(8-7-18(2)6-5-9-23-3)11-20(13-22)14-24-15-21-16-25-17-21/h4-9,11-13,21,24-25H,1,3,10,14-17H2,2H3/b8-7+,9-5-,18-6+. The Morgan fingerprint density at radius 3 is 2.92 bits per heavy atom. The second-order valence-corrected chi connectivity index (χ2v) is 6.43. The maximum atomic E-state index is 5.75. The van der Waals surface area contributed by atoms with E-state index in [9.17, 15) is 0 Å². The lowest BCUT2D eigenvalue weighted by Gasteiger charge is -2.27. The molecule has 0 unspecified atom stereocenters. The molecule has 1 aromatic carbocycles. The van der Waals surface area contributed by atoms with Crippen molar-refractivity contribution in [3.63, 3.8) is 0 Å². The lowest BCUT2D eigenvalue weighted by molar-refractivity contribution is 0.331. The third kappa shape index (κ3) is 7.21. The molecule has 0 bridgehead atoms. The predicted molar refractivity (Wildman–Crippen MR) is 112 cm³/mol. The Hall–Kier alpha value is -2.43. The van der Waals surface area contributed by atoms with Gasteiger partial charge in [-0.1, -0.05) is 42.5 Å². The SMILES string of the molecule is C=CCOc1cc(/C=C/C(C)=C/C=C\N=C)cc(CNCC2CNC2)c1. The molecular weight excluding hydrogens is 322 g/mol. The lowest BCUT2D eigenvalue weighted by atomic mass is 10.0. The van der Waals surface area contributed by atoms with Crippen molar-refractivity contribution in [2.24, 2.45) is 10.9 Å². The largest absolute Gasteiger partial charge is 0.490 e. The van der Waals surface area contributed by atoms with Gasteiger partial charge in [-0.25, -0.2) is 0 Å². The Morgan fingerprint density at radius 1 is 1.38 bits per heavy atom. The van der Waals surface area contributed by atoms with Crippen molar-refractivity contribution in [1.29, 1.82) is 0 Å². The van der Waals surface area contributed by atoms with Crippen molar-refractivity contribution in [1.82, 2.24) is 10.6 Å². The molecule has 1 aliphatic heterocycles. The molecule has 1 aliphatic rings. The molecule has 1 heterocycles. The smallest absolute Gasteiger partial charge is 0.120 e. The molecule has 0 atom stereocenters. The summed E-state index contributed by atoms with van der Waals surface area (Å²) < 4.78 is 5.75. The molecule has 2 rings (SSSR count). The molecule has 0 saturated carbocycles. The van der Waals surface area contributed by atoms with Crippen LogP contribution in [0.15, 0.2) is 65.8 Å². The minimum absolute atomic E-state index is 0.506. The summed E-state index contributed by atoms with van der Waals surface area (Å²) in [6.45, 7) is 13.8. The highest BCUT2D eigenvalue weighted by atomic mass is 16.5. The van der Waals surface area contributed by atoms with Crippen molar-refractivity contribution in [3.8, 4) is 5.75 Å². The zero-order valence-electron chi connectivity index (χ0n) is 15.6. The van der Waals surface area contributed by atoms with Crippen molar-refractivity contribution >= 4 is 12.8 Å². The highest BCUT2D eigenvalue weighted by Gasteiger charge is 2.15. The van der Waals surface area contributed by atoms with E-state index < -0.39 is 0 Å². The van der Waals surface area contributed by atoms with Gasteiger partial charge in [0, 0.05) is 32.4 Å². The van der Waals surface area contributed by atoms with Crippen LogP contribution >= 0.6 is 0 Å². The number of aliphatic imine (C=N–C) groups is 1. The first-order chi connectivity index (χ1) is 12.7. The number of hydrogen-bond donors (Lipinski definition) is 2. The molecule has 1 fully saturated rings. The van der Waals surface area contributed by atoms with Crippen LogP contribution in [0, 0.1) is 5.92 Å². The minimum atomic E-state index is 0.506. The highest BCUT2D eigenvalue weighted by Crippen LogP contribution is 2.19. The maximum absolute atomic E-state index is 5.75. The molecule has 0 aliphatic carbocycles. The summed E-state index contributed by atoms with van der Waals surface area (Å²) in [6, 6.07) is 6.33. The second-order valence-electron chi connectivity index (χ2n) is 6.43. The average Bonchev–Trinajstić information content (AvgIpc) is 2.60. The van der Waals surface area contributed by atoms with E-state index in [2.05, 4.69) is 60.1 Å². The van der Waals surface area contributed by atoms with Crippen molar-refractivity contribution in [3.05, 3.63) is 72.0 Å². The van der Waals surface area contributed by atoms with Crippen LogP contribution in [0.25, 0.3) is 6.08 Å². The number of nitrogens with one attached hydrogen (secondary N) is 2. The van der Waals surface area contributed by atoms with Gasteiger partial charge in [0.05, 0.1) is 0 Å². The van der Waals surface area contributed by atoms with Gasteiger partial charge in [0.15, 0.2) is 0 Å². The highest BCUT2D eigenvalue weighted by molar-refractivity contribution is 5.56. The molecule has 0 amide bonds. The number of allylic oxidation sites excluding steroid dienone is 4. The maximum Gasteiger partial charge on any atom is 0.120 e. The molecule has 0 spiro atoms. The lowest BCUT2D eigenvalue weighted by Crippen LogP contribution is -2.47. The summed E-state index contributed by atoms with van der Waals surface area (Å²) in [5.74, 6) is 1.62. The quantitative estimate of drug-likeness (QED) is 0.363. The van der Waals surface area contributed by atoms with Gasteiger partial charge in [-0.2, -0.15) is 0 Å². The average molecular weight is 351 g/mol. The molecule has 26 heavy (non-hydrogen) atoms. The Balaban J connectivity index is 2.05. The number of rotatable bonds is 11. The summed E-state index contributed by atoms with van der Waals surface area (Å²) in [6.07, 6.45) is 11.5. The van der Waals surface area contributed by atoms with E-state index in [4.69, 9.17) is 4.74 Å². The monoisotopic (exact) mass is 351 g/mol. The zero-order chi connectivity index (χ0) is 18.6. The van der Waals surface area contributed by atoms with Crippen LogP contribution in [-0.2, 0) is 6.54 Å². The Kier molecular flexibility index (Phi) is 8.60. The molecule has 0 radical (unpaired) electrons. The van der Waals surface area contributed by atoms with E-state index in [1.54, 1.807) is 12.3 Å². The molecule has 1 aromatic rings. The van der Waals surface area contributed by atoms with Crippen LogP contribution in [0.2, 0.25) is 0 Å². The van der Waals surface area contributed by atoms with Crippen LogP contribution in [0.1, 0.15) is 18.1 Å². The number of hydrogen-bond acceptors (Lipinski definition) is 4. The first-order valence-corrected chi connectivity index (χ1v) is 8.97. The van der Waals surface area contributed by atoms with E-state index in [1.807, 2.05) is 18.2 Å². The van der Waals surface area contributed by atoms with Gasteiger partial charge in [0.1, 0.15) is 12.4 Å². The van der Waals surface area contributed by atoms with Gasteiger partial charge in [-0.05, 0) is 48.9 Å². The number of ether oxygens (including phenoxy) is 1. The Labute approximate surface area is 157 Å². The van der Waals surface area contributed by atoms with Gasteiger partial charge < -0.3 is 15.4 Å². The van der Waals surface area contributed by atoms with E-state index >= 15 is 0 Å². The van der Waals surface area contributed by atoms with Gasteiger partial charge in [0.2, 0.25) is 0 Å². The summed E-state index contributed by atoms with van der Waals surface area (Å²) >= 11 is 0. The van der Waals surface area contributed by atoms with E-state index in [0.717, 1.165) is 49.0 Å². The fourth-order valence-corrected chi connectivity index (χ4v) is 2.58. The summed E-state index contributed by atoms with van der Waals surface area (Å²) in [5, 5.41) is 6.84. The number of nitrogens with zero attached hydrogens (tertiary/aromatic N) is 1. The van der Waals surface area contributed by atoms with Crippen LogP contribution in [0.4, 0.5) is 0 Å². The molecule has 4 nitrogen and oxygen atoms in total.